The molecule has 0 atom stereocenters. The first kappa shape index (κ1) is 35.5. The smallest absolute Gasteiger partial charge is 0.278 e. The van der Waals surface area contributed by atoms with Gasteiger partial charge in [0.1, 0.15) is 11.0 Å². The molecule has 242 valence electrons. The van der Waals surface area contributed by atoms with Crippen LogP contribution in [0, 0.1) is 0 Å². The van der Waals surface area contributed by atoms with Gasteiger partial charge in [-0.2, -0.15) is 4.98 Å². The Bertz CT molecular complexity index is 1600. The van der Waals surface area contributed by atoms with Crippen LogP contribution in [0.3, 0.4) is 0 Å². The third kappa shape index (κ3) is 9.74. The predicted molar refractivity (Wildman–Crippen MR) is 180 cm³/mol. The molecule has 0 spiro atoms. The second-order valence-corrected chi connectivity index (χ2v) is 11.9. The number of aliphatic hydroxyl groups excluding tert-OH is 1. The maximum atomic E-state index is 13.2. The molecule has 5 rings (SSSR count). The second-order valence-electron chi connectivity index (χ2n) is 11.2. The molecular weight excluding hydrogens is 593 g/mol. The highest BCUT2D eigenvalue weighted by Crippen LogP contribution is 2.23. The van der Waals surface area contributed by atoms with Crippen molar-refractivity contribution in [3.63, 3.8) is 0 Å². The first-order valence-electron chi connectivity index (χ1n) is 14.7. The molecule has 1 aliphatic heterocycles. The van der Waals surface area contributed by atoms with Gasteiger partial charge in [0.15, 0.2) is 11.5 Å². The van der Waals surface area contributed by atoms with E-state index in [9.17, 15) is 9.90 Å². The molecule has 4 heterocycles. The number of aliphatic hydroxyl groups is 2. The minimum absolute atomic E-state index is 0.00154. The van der Waals surface area contributed by atoms with Crippen molar-refractivity contribution in [1.82, 2.24) is 34.3 Å². The van der Waals surface area contributed by atoms with Gasteiger partial charge in [-0.15, -0.1) is 6.58 Å². The average molecular weight is 638 g/mol. The molecule has 13 nitrogen and oxygen atoms in total. The third-order valence-corrected chi connectivity index (χ3v) is 6.82. The van der Waals surface area contributed by atoms with Crippen molar-refractivity contribution in [1.29, 1.82) is 0 Å². The lowest BCUT2D eigenvalue weighted by molar-refractivity contribution is 0.0738. The molecule has 0 bridgehead atoms. The van der Waals surface area contributed by atoms with E-state index in [4.69, 9.17) is 14.7 Å². The van der Waals surface area contributed by atoms with E-state index in [1.807, 2.05) is 12.1 Å². The summed E-state index contributed by atoms with van der Waals surface area (Å²) in [6.45, 7) is 14.9. The quantitative estimate of drug-likeness (QED) is 0.165. The molecule has 3 aromatic heterocycles. The highest BCUT2D eigenvalue weighted by molar-refractivity contribution is 7.20. The number of piperazine rings is 1. The highest BCUT2D eigenvalue weighted by atomic mass is 31.1. The van der Waals surface area contributed by atoms with Crippen molar-refractivity contribution in [3.8, 4) is 5.82 Å². The molecule has 0 saturated carbocycles. The number of fused-ring (bicyclic) bond motifs is 1. The molecule has 0 aliphatic carbocycles. The zero-order valence-electron chi connectivity index (χ0n) is 26.8. The topological polar surface area (TPSA) is 154 Å². The Morgan fingerprint density at radius 1 is 1.09 bits per heavy atom. The SMILES string of the molecule is C=CCn1c(=O)c2cnc(Nc3ccc(N4CCN(C)CC4)cc3)nc2n1-c1cccc(C(C)(C)O)n1.CC(C)O.CNP=O. The van der Waals surface area contributed by atoms with E-state index in [1.165, 1.54) is 16.6 Å². The fourth-order valence-corrected chi connectivity index (χ4v) is 4.44. The first-order chi connectivity index (χ1) is 21.4. The lowest BCUT2D eigenvalue weighted by Crippen LogP contribution is -2.44. The molecule has 0 amide bonds. The lowest BCUT2D eigenvalue weighted by atomic mass is 10.1. The summed E-state index contributed by atoms with van der Waals surface area (Å²) in [6.07, 6.45) is 3.01. The van der Waals surface area contributed by atoms with Crippen LogP contribution in [-0.4, -0.2) is 85.8 Å². The van der Waals surface area contributed by atoms with Gasteiger partial charge >= 0.3 is 0 Å². The summed E-state index contributed by atoms with van der Waals surface area (Å²) in [5.41, 5.74) is 1.55. The van der Waals surface area contributed by atoms with E-state index in [2.05, 4.69) is 55.9 Å². The summed E-state index contributed by atoms with van der Waals surface area (Å²) in [6, 6.07) is 13.5. The summed E-state index contributed by atoms with van der Waals surface area (Å²) in [4.78, 5) is 31.6. The second kappa shape index (κ2) is 16.4. The zero-order chi connectivity index (χ0) is 33.1. The predicted octanol–water partition coefficient (Wildman–Crippen LogP) is 3.69. The summed E-state index contributed by atoms with van der Waals surface area (Å²) >= 11 is 0. The Morgan fingerprint density at radius 3 is 2.27 bits per heavy atom. The maximum Gasteiger partial charge on any atom is 0.278 e. The van der Waals surface area contributed by atoms with Crippen molar-refractivity contribution >= 4 is 37.0 Å². The van der Waals surface area contributed by atoms with E-state index < -0.39 is 5.60 Å². The minimum atomic E-state index is -1.14. The Hall–Kier alpha value is -4.00. The molecule has 0 radical (unpaired) electrons. The van der Waals surface area contributed by atoms with Crippen molar-refractivity contribution in [2.24, 2.45) is 0 Å². The van der Waals surface area contributed by atoms with E-state index in [-0.39, 0.29) is 26.8 Å². The van der Waals surface area contributed by atoms with Crippen LogP contribution in [0.2, 0.25) is 0 Å². The Kier molecular flexibility index (Phi) is 12.9. The summed E-state index contributed by atoms with van der Waals surface area (Å²) in [7, 11) is 3.75. The summed E-state index contributed by atoms with van der Waals surface area (Å²) in [5, 5.41) is 24.5. The number of pyridine rings is 1. The molecular formula is C31H44N9O4P. The van der Waals surface area contributed by atoms with Gasteiger partial charge in [0, 0.05) is 49.9 Å². The number of nitrogens with one attached hydrogen (secondary N) is 2. The van der Waals surface area contributed by atoms with E-state index in [1.54, 1.807) is 63.7 Å². The summed E-state index contributed by atoms with van der Waals surface area (Å²) < 4.78 is 12.3. The number of aromatic nitrogens is 5. The Balaban J connectivity index is 0.000000619. The van der Waals surface area contributed by atoms with Gasteiger partial charge < -0.3 is 25.3 Å². The number of hydrogen-bond acceptors (Lipinski definition) is 10. The molecule has 4 N–H and O–H groups in total. The number of rotatable bonds is 8. The monoisotopic (exact) mass is 637 g/mol. The van der Waals surface area contributed by atoms with Crippen LogP contribution in [0.1, 0.15) is 33.4 Å². The van der Waals surface area contributed by atoms with Gasteiger partial charge in [-0.25, -0.2) is 24.4 Å². The fraction of sp³-hybridized carbons (Fsp3) is 0.419. The van der Waals surface area contributed by atoms with Crippen molar-refractivity contribution < 1.29 is 14.8 Å². The lowest BCUT2D eigenvalue weighted by Gasteiger charge is -2.34. The average Bonchev–Trinajstić information content (AvgIpc) is 3.28. The van der Waals surface area contributed by atoms with Crippen molar-refractivity contribution in [3.05, 3.63) is 77.4 Å². The number of anilines is 3. The minimum Gasteiger partial charge on any atom is -0.394 e. The van der Waals surface area contributed by atoms with Gasteiger partial charge in [-0.1, -0.05) is 12.1 Å². The molecule has 1 aromatic carbocycles. The number of allylic oxidation sites excluding steroid dienone is 1. The largest absolute Gasteiger partial charge is 0.394 e. The van der Waals surface area contributed by atoms with Crippen molar-refractivity contribution in [2.75, 3.05) is 50.5 Å². The van der Waals surface area contributed by atoms with Crippen molar-refractivity contribution in [2.45, 2.75) is 45.9 Å². The van der Waals surface area contributed by atoms with Crippen LogP contribution in [0.4, 0.5) is 17.3 Å². The third-order valence-electron chi connectivity index (χ3n) is 6.64. The Labute approximate surface area is 265 Å². The first-order valence-corrected chi connectivity index (χ1v) is 15.5. The van der Waals surface area contributed by atoms with Crippen LogP contribution in [-0.2, 0) is 16.7 Å². The molecule has 1 aliphatic rings. The van der Waals surface area contributed by atoms with Gasteiger partial charge in [0.05, 0.1) is 12.2 Å². The van der Waals surface area contributed by atoms with E-state index in [0.717, 1.165) is 31.9 Å². The fourth-order valence-electron chi connectivity index (χ4n) is 4.44. The number of hydrogen-bond donors (Lipinski definition) is 4. The van der Waals surface area contributed by atoms with Crippen LogP contribution in [0.25, 0.3) is 16.9 Å². The molecule has 1 fully saturated rings. The molecule has 45 heavy (non-hydrogen) atoms. The number of likely N-dealkylation sites (N-methyl/N-ethyl adjacent to an activating group) is 1. The van der Waals surface area contributed by atoms with Crippen LogP contribution in [0.15, 0.2) is 66.1 Å². The molecule has 14 heteroatoms. The summed E-state index contributed by atoms with van der Waals surface area (Å²) in [5.74, 6) is 0.831. The maximum absolute atomic E-state index is 13.2. The van der Waals surface area contributed by atoms with Gasteiger partial charge in [0.2, 0.25) is 14.6 Å². The van der Waals surface area contributed by atoms with Crippen LogP contribution < -0.4 is 20.9 Å². The zero-order valence-corrected chi connectivity index (χ0v) is 27.7. The van der Waals surface area contributed by atoms with E-state index >= 15 is 0 Å². The van der Waals surface area contributed by atoms with Gasteiger partial charge in [-0.05, 0) is 78.2 Å². The number of nitrogens with zero attached hydrogens (tertiary/aromatic N) is 7. The number of benzene rings is 1. The van der Waals surface area contributed by atoms with Gasteiger partial charge in [0.25, 0.3) is 5.56 Å². The molecule has 4 aromatic rings. The van der Waals surface area contributed by atoms with E-state index in [0.29, 0.717) is 28.5 Å². The molecule has 1 saturated heterocycles. The molecule has 0 unspecified atom stereocenters. The normalized spacial score (nSPS) is 13.7. The standard InChI is InChI=1S/C27H32N8O2.C3H8O.CH4NOP/c1-5-13-34-25(36)21-18-28-26(29-19-9-11-20(12-10-19)33-16-14-32(4)15-17-33)31-24(21)35(34)23-8-6-7-22(30-23)27(2,3)37;1-3(2)4;1-2-4-3/h5-12,18,37H,1,13-17H2,2-4H3,(H,28,29,31);3-4H,1-2H3;1H3,(H,2,3). The van der Waals surface area contributed by atoms with Crippen LogP contribution in [0.5, 0.6) is 0 Å². The highest BCUT2D eigenvalue weighted by Gasteiger charge is 2.22. The van der Waals surface area contributed by atoms with Crippen LogP contribution >= 0.6 is 8.61 Å². The Morgan fingerprint density at radius 2 is 1.71 bits per heavy atom. The van der Waals surface area contributed by atoms with Gasteiger partial charge in [-0.3, -0.25) is 9.36 Å².